The Labute approximate surface area is 193 Å². The van der Waals surface area contributed by atoms with Gasteiger partial charge in [0.05, 0.1) is 16.9 Å². The van der Waals surface area contributed by atoms with Crippen molar-refractivity contribution < 1.29 is 23.5 Å². The van der Waals surface area contributed by atoms with Crippen LogP contribution in [0.4, 0.5) is 15.8 Å². The Kier molecular flexibility index (Phi) is 8.09. The van der Waals surface area contributed by atoms with E-state index in [9.17, 15) is 18.8 Å². The average Bonchev–Trinajstić information content (AvgIpc) is 2.80. The number of nitrogens with zero attached hydrogens (tertiary/aromatic N) is 1. The molecule has 0 saturated heterocycles. The van der Waals surface area contributed by atoms with Crippen molar-refractivity contribution in [2.24, 2.45) is 5.10 Å². The zero-order valence-corrected chi connectivity index (χ0v) is 17.8. The van der Waals surface area contributed by atoms with E-state index in [2.05, 4.69) is 15.7 Å². The summed E-state index contributed by atoms with van der Waals surface area (Å²) in [7, 11) is 0. The summed E-state index contributed by atoms with van der Waals surface area (Å²) in [5.41, 5.74) is 3.06. The lowest BCUT2D eigenvalue weighted by molar-refractivity contribution is -0.136. The van der Waals surface area contributed by atoms with E-state index in [1.54, 1.807) is 30.3 Å². The van der Waals surface area contributed by atoms with Crippen LogP contribution in [0.3, 0.4) is 0 Å². The van der Waals surface area contributed by atoms with E-state index < -0.39 is 17.6 Å². The van der Waals surface area contributed by atoms with Crippen LogP contribution < -0.4 is 20.8 Å². The summed E-state index contributed by atoms with van der Waals surface area (Å²) in [5.74, 6) is -2.89. The molecule has 3 aromatic rings. The highest BCUT2D eigenvalue weighted by Crippen LogP contribution is 2.25. The lowest BCUT2D eigenvalue weighted by Gasteiger charge is -2.09. The normalized spacial score (nSPS) is 10.5. The van der Waals surface area contributed by atoms with Crippen LogP contribution in [0.25, 0.3) is 0 Å². The number of hydrogen-bond acceptors (Lipinski definition) is 5. The molecule has 168 valence electrons. The van der Waals surface area contributed by atoms with Gasteiger partial charge in [0.15, 0.2) is 6.61 Å². The van der Waals surface area contributed by atoms with E-state index in [-0.39, 0.29) is 29.0 Å². The Morgan fingerprint density at radius 2 is 1.67 bits per heavy atom. The fraction of sp³-hybridized carbons (Fsp3) is 0.0435. The number of nitrogens with one attached hydrogen (secondary N) is 3. The van der Waals surface area contributed by atoms with E-state index in [1.807, 2.05) is 11.5 Å². The fourth-order valence-corrected chi connectivity index (χ4v) is 2.78. The predicted molar refractivity (Wildman–Crippen MR) is 123 cm³/mol. The maximum atomic E-state index is 13.5. The fourth-order valence-electron chi connectivity index (χ4n) is 2.53. The minimum atomic E-state index is -1.08. The molecule has 0 unspecified atom stereocenters. The second kappa shape index (κ2) is 11.4. The largest absolute Gasteiger partial charge is 0.482 e. The van der Waals surface area contributed by atoms with Crippen molar-refractivity contribution in [1.29, 1.82) is 0 Å². The number of rotatable bonds is 7. The van der Waals surface area contributed by atoms with E-state index in [0.717, 1.165) is 6.07 Å². The Bertz CT molecular complexity index is 1190. The number of halogens is 2. The monoisotopic (exact) mass is 468 g/mol. The van der Waals surface area contributed by atoms with Crippen molar-refractivity contribution in [2.75, 3.05) is 17.2 Å². The summed E-state index contributed by atoms with van der Waals surface area (Å²) in [6.45, 7) is -0.241. The molecular weight excluding hydrogens is 451 g/mol. The number of amides is 3. The number of para-hydroxylation sites is 2. The number of hydrogen-bond donors (Lipinski definition) is 3. The molecule has 0 aliphatic carbocycles. The van der Waals surface area contributed by atoms with Crippen molar-refractivity contribution in [2.45, 2.75) is 0 Å². The van der Waals surface area contributed by atoms with Gasteiger partial charge in [-0.15, -0.1) is 0 Å². The smallest absolute Gasteiger partial charge is 0.329 e. The molecule has 33 heavy (non-hydrogen) atoms. The summed E-state index contributed by atoms with van der Waals surface area (Å²) in [6.07, 6.45) is 1.26. The number of benzene rings is 3. The molecule has 0 heterocycles. The van der Waals surface area contributed by atoms with Crippen molar-refractivity contribution in [3.63, 3.8) is 0 Å². The van der Waals surface area contributed by atoms with Gasteiger partial charge in [-0.1, -0.05) is 41.9 Å². The summed E-state index contributed by atoms with van der Waals surface area (Å²) >= 11 is 6.16. The zero-order chi connectivity index (χ0) is 23.6. The third-order valence-corrected chi connectivity index (χ3v) is 4.38. The van der Waals surface area contributed by atoms with E-state index in [0.29, 0.717) is 11.3 Å². The van der Waals surface area contributed by atoms with E-state index in [1.165, 1.54) is 36.5 Å². The number of carbonyl (C=O) groups excluding carboxylic acids is 3. The molecule has 0 fully saturated rings. The Hall–Kier alpha value is -4.24. The van der Waals surface area contributed by atoms with Gasteiger partial charge in [0.2, 0.25) is 0 Å². The molecule has 0 saturated carbocycles. The molecule has 0 aliphatic heterocycles. The molecule has 3 N–H and O–H groups in total. The zero-order valence-electron chi connectivity index (χ0n) is 17.0. The van der Waals surface area contributed by atoms with Crippen LogP contribution in [0.5, 0.6) is 5.75 Å². The summed E-state index contributed by atoms with van der Waals surface area (Å²) in [4.78, 5) is 35.6. The van der Waals surface area contributed by atoms with Crippen LogP contribution in [0, 0.1) is 5.82 Å². The molecule has 3 rings (SSSR count). The van der Waals surface area contributed by atoms with Crippen LogP contribution >= 0.6 is 11.6 Å². The molecule has 0 aromatic heterocycles. The first kappa shape index (κ1) is 23.4. The van der Waals surface area contributed by atoms with Gasteiger partial charge in [-0.25, -0.2) is 9.82 Å². The molecule has 3 amide bonds. The maximum Gasteiger partial charge on any atom is 0.329 e. The highest BCUT2D eigenvalue weighted by Gasteiger charge is 2.14. The topological polar surface area (TPSA) is 109 Å². The third-order valence-electron chi connectivity index (χ3n) is 4.08. The average molecular weight is 469 g/mol. The number of ether oxygens (including phenoxy) is 1. The van der Waals surface area contributed by atoms with Crippen molar-refractivity contribution in [3.05, 3.63) is 89.2 Å². The molecule has 8 nitrogen and oxygen atoms in total. The van der Waals surface area contributed by atoms with E-state index >= 15 is 0 Å². The molecular formula is C23H18ClFN4O4. The molecule has 0 aliphatic rings. The van der Waals surface area contributed by atoms with Gasteiger partial charge in [0.25, 0.3) is 5.91 Å². The third kappa shape index (κ3) is 7.15. The minimum absolute atomic E-state index is 0.124. The second-order valence-corrected chi connectivity index (χ2v) is 6.93. The summed E-state index contributed by atoms with van der Waals surface area (Å²) < 4.78 is 19.0. The highest BCUT2D eigenvalue weighted by atomic mass is 35.5. The molecule has 0 spiro atoms. The lowest BCUT2D eigenvalue weighted by Crippen LogP contribution is -2.32. The van der Waals surface area contributed by atoms with Crippen LogP contribution in [0.1, 0.15) is 5.56 Å². The van der Waals surface area contributed by atoms with Gasteiger partial charge in [0.1, 0.15) is 11.6 Å². The van der Waals surface area contributed by atoms with Crippen molar-refractivity contribution in [1.82, 2.24) is 5.43 Å². The number of hydrazone groups is 1. The standard InChI is InChI=1S/C23H18ClFN4O4/c24-17-12-15(10-11-20(17)33-14-21(30)27-16-6-2-1-3-7-16)13-26-29-23(32)22(31)28-19-9-5-4-8-18(19)25/h1-13H,14H2,(H,27,30)(H,28,31)(H,29,32)/b26-13-. The van der Waals surface area contributed by atoms with Crippen molar-refractivity contribution in [3.8, 4) is 5.75 Å². The second-order valence-electron chi connectivity index (χ2n) is 6.53. The Balaban J connectivity index is 1.49. The number of anilines is 2. The molecule has 10 heteroatoms. The maximum absolute atomic E-state index is 13.5. The quantitative estimate of drug-likeness (QED) is 0.280. The van der Waals surface area contributed by atoms with Crippen LogP contribution in [-0.2, 0) is 14.4 Å². The predicted octanol–water partition coefficient (Wildman–Crippen LogP) is 3.59. The van der Waals surface area contributed by atoms with Gasteiger partial charge >= 0.3 is 11.8 Å². The first-order chi connectivity index (χ1) is 15.9. The summed E-state index contributed by atoms with van der Waals surface area (Å²) in [6, 6.07) is 19.0. The molecule has 0 atom stereocenters. The van der Waals surface area contributed by atoms with Crippen LogP contribution in [-0.4, -0.2) is 30.5 Å². The Morgan fingerprint density at radius 3 is 2.39 bits per heavy atom. The molecule has 0 bridgehead atoms. The van der Waals surface area contributed by atoms with Gasteiger partial charge in [0, 0.05) is 5.69 Å². The van der Waals surface area contributed by atoms with Gasteiger partial charge < -0.3 is 15.4 Å². The van der Waals surface area contributed by atoms with E-state index in [4.69, 9.17) is 16.3 Å². The number of carbonyl (C=O) groups is 3. The molecule has 0 radical (unpaired) electrons. The van der Waals surface area contributed by atoms with Gasteiger partial charge in [-0.3, -0.25) is 14.4 Å². The van der Waals surface area contributed by atoms with Gasteiger partial charge in [-0.2, -0.15) is 5.10 Å². The minimum Gasteiger partial charge on any atom is -0.482 e. The highest BCUT2D eigenvalue weighted by molar-refractivity contribution is 6.39. The lowest BCUT2D eigenvalue weighted by atomic mass is 10.2. The van der Waals surface area contributed by atoms with Crippen LogP contribution in [0.15, 0.2) is 77.9 Å². The summed E-state index contributed by atoms with van der Waals surface area (Å²) in [5, 5.41) is 8.72. The SMILES string of the molecule is O=C(COc1ccc(/C=N\NC(=O)C(=O)Nc2ccccc2F)cc1Cl)Nc1ccccc1. The first-order valence-corrected chi connectivity index (χ1v) is 9.96. The first-order valence-electron chi connectivity index (χ1n) is 9.58. The Morgan fingerprint density at radius 1 is 0.939 bits per heavy atom. The van der Waals surface area contributed by atoms with Crippen LogP contribution in [0.2, 0.25) is 5.02 Å². The van der Waals surface area contributed by atoms with Crippen molar-refractivity contribution >= 4 is 46.9 Å². The molecule has 3 aromatic carbocycles. The van der Waals surface area contributed by atoms with Gasteiger partial charge in [-0.05, 0) is 48.0 Å².